The molecule has 0 spiro atoms. The number of carbonyl (C=O) groups excluding carboxylic acids is 1. The second-order valence-electron chi connectivity index (χ2n) is 7.82. The number of nitrogens with one attached hydrogen (secondary N) is 1. The molecule has 0 unspecified atom stereocenters. The Morgan fingerprint density at radius 2 is 1.48 bits per heavy atom. The molecule has 1 aliphatic heterocycles. The SMILES string of the molecule is CCCCC(=O)NCCOCCCN1CCN(CCOCCCCCCCl)CC1. The van der Waals surface area contributed by atoms with E-state index >= 15 is 0 Å². The normalized spacial score (nSPS) is 15.7. The van der Waals surface area contributed by atoms with E-state index < -0.39 is 0 Å². The van der Waals surface area contributed by atoms with Crippen molar-refractivity contribution in [3.63, 3.8) is 0 Å². The summed E-state index contributed by atoms with van der Waals surface area (Å²) in [5, 5.41) is 2.90. The molecule has 0 saturated carbocycles. The number of amides is 1. The molecule has 0 bridgehead atoms. The van der Waals surface area contributed by atoms with E-state index in [2.05, 4.69) is 22.0 Å². The molecule has 0 atom stereocenters. The molecule has 1 N–H and O–H groups in total. The highest BCUT2D eigenvalue weighted by Crippen LogP contribution is 2.04. The number of piperazine rings is 1. The molecule has 1 heterocycles. The molecule has 0 aromatic carbocycles. The van der Waals surface area contributed by atoms with Crippen LogP contribution in [0, 0.1) is 0 Å². The van der Waals surface area contributed by atoms with Gasteiger partial charge in [0.05, 0.1) is 13.2 Å². The summed E-state index contributed by atoms with van der Waals surface area (Å²) in [6.45, 7) is 12.5. The summed E-state index contributed by atoms with van der Waals surface area (Å²) in [6, 6.07) is 0. The number of carbonyl (C=O) groups is 1. The van der Waals surface area contributed by atoms with Crippen LogP contribution in [-0.2, 0) is 14.3 Å². The predicted octanol–water partition coefficient (Wildman–Crippen LogP) is 3.13. The van der Waals surface area contributed by atoms with Crippen molar-refractivity contribution >= 4 is 17.5 Å². The van der Waals surface area contributed by atoms with Crippen LogP contribution in [0.5, 0.6) is 0 Å². The lowest BCUT2D eigenvalue weighted by atomic mass is 10.2. The summed E-state index contributed by atoms with van der Waals surface area (Å²) >= 11 is 5.68. The fourth-order valence-corrected chi connectivity index (χ4v) is 3.55. The first-order valence-corrected chi connectivity index (χ1v) is 12.2. The Bertz CT molecular complexity index is 380. The van der Waals surface area contributed by atoms with Gasteiger partial charge in [-0.05, 0) is 25.7 Å². The van der Waals surface area contributed by atoms with Gasteiger partial charge < -0.3 is 19.7 Å². The van der Waals surface area contributed by atoms with Gasteiger partial charge in [-0.1, -0.05) is 26.2 Å². The zero-order valence-electron chi connectivity index (χ0n) is 18.6. The summed E-state index contributed by atoms with van der Waals surface area (Å²) < 4.78 is 11.4. The number of halogens is 1. The van der Waals surface area contributed by atoms with Gasteiger partial charge in [0.15, 0.2) is 0 Å². The molecule has 172 valence electrons. The van der Waals surface area contributed by atoms with E-state index in [-0.39, 0.29) is 5.91 Å². The second kappa shape index (κ2) is 19.6. The lowest BCUT2D eigenvalue weighted by molar-refractivity contribution is -0.121. The van der Waals surface area contributed by atoms with Crippen molar-refractivity contribution in [3.8, 4) is 0 Å². The lowest BCUT2D eigenvalue weighted by Gasteiger charge is -2.34. The number of hydrogen-bond donors (Lipinski definition) is 1. The molecule has 1 saturated heterocycles. The van der Waals surface area contributed by atoms with Crippen LogP contribution in [-0.4, -0.2) is 93.8 Å². The number of hydrogen-bond acceptors (Lipinski definition) is 5. The molecule has 1 rings (SSSR count). The van der Waals surface area contributed by atoms with Crippen LogP contribution < -0.4 is 5.32 Å². The molecular weight excluding hydrogens is 390 g/mol. The molecular formula is C22H44ClN3O3. The van der Waals surface area contributed by atoms with Gasteiger partial charge in [0.25, 0.3) is 0 Å². The average molecular weight is 434 g/mol. The first-order chi connectivity index (χ1) is 14.3. The van der Waals surface area contributed by atoms with E-state index in [4.69, 9.17) is 21.1 Å². The van der Waals surface area contributed by atoms with Gasteiger partial charge in [-0.25, -0.2) is 0 Å². The van der Waals surface area contributed by atoms with Gasteiger partial charge in [0.1, 0.15) is 0 Å². The number of nitrogens with zero attached hydrogens (tertiary/aromatic N) is 2. The van der Waals surface area contributed by atoms with Crippen LogP contribution in [0.3, 0.4) is 0 Å². The highest BCUT2D eigenvalue weighted by Gasteiger charge is 2.15. The highest BCUT2D eigenvalue weighted by atomic mass is 35.5. The summed E-state index contributed by atoms with van der Waals surface area (Å²) in [5.74, 6) is 0.916. The minimum absolute atomic E-state index is 0.140. The number of unbranched alkanes of at least 4 members (excludes halogenated alkanes) is 4. The molecule has 0 aromatic rings. The maximum absolute atomic E-state index is 11.5. The van der Waals surface area contributed by atoms with Crippen molar-refractivity contribution in [3.05, 3.63) is 0 Å². The zero-order chi connectivity index (χ0) is 21.0. The fraction of sp³-hybridized carbons (Fsp3) is 0.955. The second-order valence-corrected chi connectivity index (χ2v) is 8.20. The summed E-state index contributed by atoms with van der Waals surface area (Å²) in [7, 11) is 0. The first-order valence-electron chi connectivity index (χ1n) is 11.7. The maximum Gasteiger partial charge on any atom is 0.220 e. The third-order valence-electron chi connectivity index (χ3n) is 5.28. The first kappa shape index (κ1) is 26.6. The van der Waals surface area contributed by atoms with Crippen LogP contribution in [0.2, 0.25) is 0 Å². The molecule has 1 fully saturated rings. The van der Waals surface area contributed by atoms with E-state index in [0.29, 0.717) is 19.6 Å². The van der Waals surface area contributed by atoms with Crippen molar-refractivity contribution < 1.29 is 14.3 Å². The smallest absolute Gasteiger partial charge is 0.220 e. The Morgan fingerprint density at radius 1 is 0.828 bits per heavy atom. The standard InChI is InChI=1S/C22H44ClN3O3/c1-2-3-9-22(27)24-11-20-28-19-8-12-25-13-15-26(16-14-25)17-21-29-18-7-5-4-6-10-23/h2-21H2,1H3,(H,24,27). The van der Waals surface area contributed by atoms with Crippen molar-refractivity contribution in [2.75, 3.05) is 78.1 Å². The highest BCUT2D eigenvalue weighted by molar-refractivity contribution is 6.17. The number of alkyl halides is 1. The summed E-state index contributed by atoms with van der Waals surface area (Å²) in [5.41, 5.74) is 0. The van der Waals surface area contributed by atoms with Gasteiger partial charge in [-0.2, -0.15) is 0 Å². The lowest BCUT2D eigenvalue weighted by Crippen LogP contribution is -2.47. The molecule has 0 aromatic heterocycles. The van der Waals surface area contributed by atoms with Crippen molar-refractivity contribution in [1.82, 2.24) is 15.1 Å². The fourth-order valence-electron chi connectivity index (χ4n) is 3.37. The third kappa shape index (κ3) is 16.0. The van der Waals surface area contributed by atoms with E-state index in [1.165, 1.54) is 12.8 Å². The average Bonchev–Trinajstić information content (AvgIpc) is 2.74. The summed E-state index contributed by atoms with van der Waals surface area (Å²) in [4.78, 5) is 16.5. The van der Waals surface area contributed by atoms with Crippen molar-refractivity contribution in [1.29, 1.82) is 0 Å². The molecule has 0 aliphatic carbocycles. The minimum atomic E-state index is 0.140. The summed E-state index contributed by atoms with van der Waals surface area (Å²) in [6.07, 6.45) is 8.41. The van der Waals surface area contributed by atoms with Crippen LogP contribution >= 0.6 is 11.6 Å². The molecule has 1 amide bonds. The predicted molar refractivity (Wildman–Crippen MR) is 121 cm³/mol. The monoisotopic (exact) mass is 433 g/mol. The number of ether oxygens (including phenoxy) is 2. The molecule has 29 heavy (non-hydrogen) atoms. The Kier molecular flexibility index (Phi) is 18.0. The van der Waals surface area contributed by atoms with E-state index in [9.17, 15) is 4.79 Å². The van der Waals surface area contributed by atoms with Crippen LogP contribution in [0.25, 0.3) is 0 Å². The van der Waals surface area contributed by atoms with Gasteiger partial charge in [-0.3, -0.25) is 9.69 Å². The topological polar surface area (TPSA) is 54.0 Å². The van der Waals surface area contributed by atoms with Crippen LogP contribution in [0.15, 0.2) is 0 Å². The molecule has 1 aliphatic rings. The van der Waals surface area contributed by atoms with E-state index in [1.807, 2.05) is 0 Å². The van der Waals surface area contributed by atoms with Crippen molar-refractivity contribution in [2.24, 2.45) is 0 Å². The third-order valence-corrected chi connectivity index (χ3v) is 5.55. The van der Waals surface area contributed by atoms with Crippen LogP contribution in [0.4, 0.5) is 0 Å². The Labute approximate surface area is 183 Å². The molecule has 0 radical (unpaired) electrons. The van der Waals surface area contributed by atoms with Gasteiger partial charge >= 0.3 is 0 Å². The van der Waals surface area contributed by atoms with Gasteiger partial charge in [0.2, 0.25) is 5.91 Å². The van der Waals surface area contributed by atoms with E-state index in [0.717, 1.165) is 97.1 Å². The van der Waals surface area contributed by atoms with Gasteiger partial charge in [-0.15, -0.1) is 11.6 Å². The van der Waals surface area contributed by atoms with Crippen LogP contribution in [0.1, 0.15) is 58.3 Å². The Morgan fingerprint density at radius 3 is 2.21 bits per heavy atom. The van der Waals surface area contributed by atoms with E-state index in [1.54, 1.807) is 0 Å². The Balaban J connectivity index is 1.85. The molecule has 6 nitrogen and oxygen atoms in total. The quantitative estimate of drug-likeness (QED) is 0.250. The number of rotatable bonds is 19. The zero-order valence-corrected chi connectivity index (χ0v) is 19.4. The molecule has 7 heteroatoms. The van der Waals surface area contributed by atoms with Gasteiger partial charge in [0, 0.05) is 71.3 Å². The van der Waals surface area contributed by atoms with Crippen molar-refractivity contribution in [2.45, 2.75) is 58.3 Å². The Hall–Kier alpha value is -0.400. The minimum Gasteiger partial charge on any atom is -0.380 e. The largest absolute Gasteiger partial charge is 0.380 e. The maximum atomic E-state index is 11.5.